The number of thiazole rings is 1. The number of benzene rings is 2. The van der Waals surface area contributed by atoms with E-state index in [4.69, 9.17) is 4.74 Å². The molecule has 0 bridgehead atoms. The van der Waals surface area contributed by atoms with E-state index in [0.29, 0.717) is 12.6 Å². The van der Waals surface area contributed by atoms with Crippen LogP contribution < -0.4 is 9.64 Å². The second-order valence-corrected chi connectivity index (χ2v) is 9.37. The van der Waals surface area contributed by atoms with Gasteiger partial charge in [0.25, 0.3) is 5.69 Å². The molecule has 0 aliphatic carbocycles. The van der Waals surface area contributed by atoms with Crippen LogP contribution in [0.25, 0.3) is 0 Å². The highest BCUT2D eigenvalue weighted by Crippen LogP contribution is 2.31. The summed E-state index contributed by atoms with van der Waals surface area (Å²) >= 11 is 1.69. The lowest BCUT2D eigenvalue weighted by molar-refractivity contribution is -0.384. The minimum Gasteiger partial charge on any atom is -0.488 e. The third kappa shape index (κ3) is 4.40. The van der Waals surface area contributed by atoms with Crippen LogP contribution in [-0.4, -0.2) is 47.6 Å². The van der Waals surface area contributed by atoms with E-state index in [1.807, 2.05) is 24.4 Å². The zero-order valence-corrected chi connectivity index (χ0v) is 18.2. The van der Waals surface area contributed by atoms with Crippen LogP contribution >= 0.6 is 11.3 Å². The van der Waals surface area contributed by atoms with Gasteiger partial charge >= 0.3 is 0 Å². The molecule has 1 aromatic heterocycles. The Hall–Kier alpha value is -2.97. The van der Waals surface area contributed by atoms with Crippen LogP contribution in [0.3, 0.4) is 0 Å². The predicted octanol–water partition coefficient (Wildman–Crippen LogP) is 3.90. The number of hydrogen-bond acceptors (Lipinski definition) is 7. The number of hydrogen-bond donors (Lipinski definition) is 0. The van der Waals surface area contributed by atoms with Gasteiger partial charge in [0, 0.05) is 55.8 Å². The summed E-state index contributed by atoms with van der Waals surface area (Å²) in [5.41, 5.74) is 3.59. The molecule has 2 aliphatic heterocycles. The van der Waals surface area contributed by atoms with Gasteiger partial charge in [-0.3, -0.25) is 15.0 Å². The van der Waals surface area contributed by atoms with Gasteiger partial charge in [0.1, 0.15) is 11.9 Å². The first-order chi connectivity index (χ1) is 15.0. The average Bonchev–Trinajstić information content (AvgIpc) is 3.21. The van der Waals surface area contributed by atoms with E-state index in [-0.39, 0.29) is 10.6 Å². The lowest BCUT2D eigenvalue weighted by atomic mass is 9.99. The number of ether oxygens (including phenoxy) is 1. The molecule has 0 unspecified atom stereocenters. The van der Waals surface area contributed by atoms with E-state index < -0.39 is 0 Å². The van der Waals surface area contributed by atoms with Crippen molar-refractivity contribution in [2.45, 2.75) is 25.5 Å². The molecule has 31 heavy (non-hydrogen) atoms. The Bertz CT molecular complexity index is 1090. The molecule has 0 amide bonds. The number of anilines is 1. The molecule has 8 heteroatoms. The van der Waals surface area contributed by atoms with Gasteiger partial charge in [-0.25, -0.2) is 4.98 Å². The first-order valence-electron chi connectivity index (χ1n) is 10.4. The van der Waals surface area contributed by atoms with Crippen molar-refractivity contribution in [1.82, 2.24) is 9.88 Å². The molecule has 0 saturated carbocycles. The summed E-state index contributed by atoms with van der Waals surface area (Å²) in [6, 6.07) is 13.5. The monoisotopic (exact) mass is 436 g/mol. The summed E-state index contributed by atoms with van der Waals surface area (Å²) in [6.07, 6.45) is 3.95. The Balaban J connectivity index is 1.22. The smallest absolute Gasteiger partial charge is 0.269 e. The highest BCUT2D eigenvalue weighted by atomic mass is 32.1. The van der Waals surface area contributed by atoms with Gasteiger partial charge in [-0.2, -0.15) is 0 Å². The summed E-state index contributed by atoms with van der Waals surface area (Å²) in [7, 11) is 2.10. The quantitative estimate of drug-likeness (QED) is 0.431. The summed E-state index contributed by atoms with van der Waals surface area (Å²) in [5.74, 6) is 0.924. The average molecular weight is 437 g/mol. The van der Waals surface area contributed by atoms with Crippen molar-refractivity contribution in [3.63, 3.8) is 0 Å². The lowest BCUT2D eigenvalue weighted by Crippen LogP contribution is -2.51. The molecule has 0 spiro atoms. The molecule has 5 rings (SSSR count). The number of nitrogens with zero attached hydrogens (tertiary/aromatic N) is 4. The van der Waals surface area contributed by atoms with Crippen molar-refractivity contribution in [3.8, 4) is 5.75 Å². The Morgan fingerprint density at radius 1 is 1.19 bits per heavy atom. The van der Waals surface area contributed by atoms with Crippen LogP contribution in [0, 0.1) is 10.1 Å². The SMILES string of the molecule is CN1CC(Oc2ccc(Cc3cnc(N4CCc5ccc([N+](=O)[O-])cc5C4)s3)cc2)C1. The summed E-state index contributed by atoms with van der Waals surface area (Å²) in [4.78, 5) is 21.0. The highest BCUT2D eigenvalue weighted by Gasteiger charge is 2.25. The first-order valence-corrected chi connectivity index (χ1v) is 11.2. The van der Waals surface area contributed by atoms with E-state index >= 15 is 0 Å². The number of nitro benzene ring substituents is 1. The lowest BCUT2D eigenvalue weighted by Gasteiger charge is -2.36. The van der Waals surface area contributed by atoms with Crippen molar-refractivity contribution in [1.29, 1.82) is 0 Å². The number of likely N-dealkylation sites (tertiary alicyclic amines) is 1. The predicted molar refractivity (Wildman–Crippen MR) is 121 cm³/mol. The fraction of sp³-hybridized carbons (Fsp3) is 0.348. The van der Waals surface area contributed by atoms with E-state index in [9.17, 15) is 10.1 Å². The minimum absolute atomic E-state index is 0.150. The molecular formula is C23H24N4O3S. The van der Waals surface area contributed by atoms with Crippen molar-refractivity contribution in [2.75, 3.05) is 31.6 Å². The van der Waals surface area contributed by atoms with Gasteiger partial charge in [0.15, 0.2) is 5.13 Å². The first kappa shape index (κ1) is 20.0. The van der Waals surface area contributed by atoms with Crippen molar-refractivity contribution in [2.24, 2.45) is 0 Å². The zero-order chi connectivity index (χ0) is 21.4. The number of rotatable bonds is 6. The second-order valence-electron chi connectivity index (χ2n) is 8.27. The van der Waals surface area contributed by atoms with Gasteiger partial charge in [-0.15, -0.1) is 11.3 Å². The molecule has 1 fully saturated rings. The van der Waals surface area contributed by atoms with E-state index in [1.165, 1.54) is 16.0 Å². The van der Waals surface area contributed by atoms with Crippen molar-refractivity contribution in [3.05, 3.63) is 80.3 Å². The molecule has 2 aromatic carbocycles. The van der Waals surface area contributed by atoms with E-state index in [2.05, 4.69) is 34.0 Å². The molecular weight excluding hydrogens is 412 g/mol. The number of nitro groups is 1. The molecule has 3 aromatic rings. The van der Waals surface area contributed by atoms with E-state index in [0.717, 1.165) is 48.9 Å². The number of aromatic nitrogens is 1. The molecule has 0 N–H and O–H groups in total. The topological polar surface area (TPSA) is 71.7 Å². The van der Waals surface area contributed by atoms with Gasteiger partial charge < -0.3 is 9.64 Å². The third-order valence-corrected chi connectivity index (χ3v) is 6.92. The molecule has 1 saturated heterocycles. The summed E-state index contributed by atoms with van der Waals surface area (Å²) < 4.78 is 5.96. The number of non-ortho nitro benzene ring substituents is 1. The summed E-state index contributed by atoms with van der Waals surface area (Å²) in [5, 5.41) is 12.1. The summed E-state index contributed by atoms with van der Waals surface area (Å²) in [6.45, 7) is 3.51. The van der Waals surface area contributed by atoms with Crippen molar-refractivity contribution >= 4 is 22.2 Å². The normalized spacial score (nSPS) is 16.6. The Kier molecular flexibility index (Phi) is 5.33. The van der Waals surface area contributed by atoms with Crippen LogP contribution in [0.4, 0.5) is 10.8 Å². The van der Waals surface area contributed by atoms with Crippen LogP contribution in [-0.2, 0) is 19.4 Å². The number of fused-ring (bicyclic) bond motifs is 1. The van der Waals surface area contributed by atoms with Gasteiger partial charge in [0.2, 0.25) is 0 Å². The van der Waals surface area contributed by atoms with Gasteiger partial charge in [-0.05, 0) is 42.3 Å². The molecule has 0 radical (unpaired) electrons. The Morgan fingerprint density at radius 3 is 2.74 bits per heavy atom. The maximum Gasteiger partial charge on any atom is 0.269 e. The maximum atomic E-state index is 11.1. The fourth-order valence-corrected chi connectivity index (χ4v) is 5.11. The van der Waals surface area contributed by atoms with Crippen LogP contribution in [0.5, 0.6) is 5.75 Å². The zero-order valence-electron chi connectivity index (χ0n) is 17.4. The second kappa shape index (κ2) is 8.28. The maximum absolute atomic E-state index is 11.1. The van der Waals surface area contributed by atoms with Crippen LogP contribution in [0.2, 0.25) is 0 Å². The number of likely N-dealkylation sites (N-methyl/N-ethyl adjacent to an activating group) is 1. The molecule has 7 nitrogen and oxygen atoms in total. The largest absolute Gasteiger partial charge is 0.488 e. The molecule has 160 valence electrons. The van der Waals surface area contributed by atoms with Crippen LogP contribution in [0.1, 0.15) is 21.6 Å². The Morgan fingerprint density at radius 2 is 2.00 bits per heavy atom. The molecule has 3 heterocycles. The fourth-order valence-electron chi connectivity index (χ4n) is 4.14. The Labute approximate surface area is 185 Å². The molecule has 0 atom stereocenters. The van der Waals surface area contributed by atoms with Crippen LogP contribution in [0.15, 0.2) is 48.7 Å². The molecule has 2 aliphatic rings. The van der Waals surface area contributed by atoms with E-state index in [1.54, 1.807) is 23.5 Å². The highest BCUT2D eigenvalue weighted by molar-refractivity contribution is 7.15. The van der Waals surface area contributed by atoms with Gasteiger partial charge in [-0.1, -0.05) is 18.2 Å². The van der Waals surface area contributed by atoms with Gasteiger partial charge in [0.05, 0.1) is 4.92 Å². The third-order valence-electron chi connectivity index (χ3n) is 5.86. The minimum atomic E-state index is -0.332. The van der Waals surface area contributed by atoms with Crippen molar-refractivity contribution < 1.29 is 9.66 Å². The standard InChI is InChI=1S/C23H24N4O3S/c1-25-14-21(15-25)30-20-6-2-16(3-7-20)10-22-12-24-23(31-22)26-9-8-17-4-5-19(27(28)29)11-18(17)13-26/h2-7,11-12,21H,8-10,13-15H2,1H3.